The number of carbonyl (C=O) groups excluding carboxylic acids is 1. The van der Waals surface area contributed by atoms with E-state index in [1.165, 1.54) is 14.0 Å². The van der Waals surface area contributed by atoms with Gasteiger partial charge in [-0.25, -0.2) is 0 Å². The lowest BCUT2D eigenvalue weighted by molar-refractivity contribution is -0.141. The first kappa shape index (κ1) is 14.2. The van der Waals surface area contributed by atoms with Crippen molar-refractivity contribution in [3.8, 4) is 0 Å². The third kappa shape index (κ3) is 2.56. The van der Waals surface area contributed by atoms with Gasteiger partial charge in [-0.15, -0.1) is 0 Å². The maximum Gasteiger partial charge on any atom is 0.436 e. The molecule has 1 unspecified atom stereocenters. The smallest absolute Gasteiger partial charge is 0.357 e. The van der Waals surface area contributed by atoms with Gasteiger partial charge >= 0.3 is 6.18 Å². The van der Waals surface area contributed by atoms with Crippen LogP contribution in [0.4, 0.5) is 13.2 Å². The fourth-order valence-corrected chi connectivity index (χ4v) is 2.33. The quantitative estimate of drug-likeness (QED) is 0.932. The molecule has 1 amide bonds. The molecule has 106 valence electrons. The summed E-state index contributed by atoms with van der Waals surface area (Å²) in [6.45, 7) is 1.49. The largest absolute Gasteiger partial charge is 0.436 e. The van der Waals surface area contributed by atoms with Crippen LogP contribution in [0, 0.1) is 0 Å². The van der Waals surface area contributed by atoms with Gasteiger partial charge in [0.15, 0.2) is 5.69 Å². The van der Waals surface area contributed by atoms with Crippen molar-refractivity contribution in [3.63, 3.8) is 0 Å². The van der Waals surface area contributed by atoms with Gasteiger partial charge < -0.3 is 5.32 Å². The Balaban J connectivity index is 2.50. The number of nitrogens with one attached hydrogen (secondary N) is 1. The molecule has 4 nitrogen and oxygen atoms in total. The minimum Gasteiger partial charge on any atom is -0.357 e. The van der Waals surface area contributed by atoms with Crippen molar-refractivity contribution >= 4 is 17.5 Å². The Bertz CT molecular complexity index is 508. The number of nitrogens with zero attached hydrogens (tertiary/aromatic N) is 2. The molecule has 1 aromatic heterocycles. The average Bonchev–Trinajstić information content (AvgIpc) is 3.09. The molecule has 0 aliphatic heterocycles. The van der Waals surface area contributed by atoms with Crippen LogP contribution >= 0.6 is 11.6 Å². The maximum absolute atomic E-state index is 12.8. The van der Waals surface area contributed by atoms with Gasteiger partial charge in [0.05, 0.1) is 10.7 Å². The Morgan fingerprint density at radius 3 is 2.53 bits per heavy atom. The van der Waals surface area contributed by atoms with E-state index in [0.29, 0.717) is 5.69 Å². The standard InChI is InChI=1S/C11H13ClF3N3O/c1-5(10(19)16-2)18-8(6-3-4-6)7(12)9(17-18)11(13,14)15/h5-6H,3-4H2,1-2H3,(H,16,19). The number of hydrogen-bond acceptors (Lipinski definition) is 2. The van der Waals surface area contributed by atoms with Crippen molar-refractivity contribution in [1.82, 2.24) is 15.1 Å². The molecule has 1 aliphatic carbocycles. The Morgan fingerprint density at radius 2 is 2.11 bits per heavy atom. The minimum absolute atomic E-state index is 0.0387. The molecule has 1 aliphatic rings. The summed E-state index contributed by atoms with van der Waals surface area (Å²) < 4.78 is 39.5. The Morgan fingerprint density at radius 1 is 1.53 bits per heavy atom. The lowest BCUT2D eigenvalue weighted by Crippen LogP contribution is -2.29. The number of amides is 1. The number of aromatic nitrogens is 2. The molecule has 1 fully saturated rings. The zero-order valence-electron chi connectivity index (χ0n) is 10.4. The van der Waals surface area contributed by atoms with Gasteiger partial charge in [-0.1, -0.05) is 11.6 Å². The molecular formula is C11H13ClF3N3O. The summed E-state index contributed by atoms with van der Waals surface area (Å²) in [5.74, 6) is -0.446. The van der Waals surface area contributed by atoms with E-state index in [4.69, 9.17) is 11.6 Å². The van der Waals surface area contributed by atoms with Crippen molar-refractivity contribution in [1.29, 1.82) is 0 Å². The van der Waals surface area contributed by atoms with Crippen molar-refractivity contribution in [3.05, 3.63) is 16.4 Å². The molecule has 0 radical (unpaired) electrons. The molecule has 1 N–H and O–H groups in total. The Hall–Kier alpha value is -1.24. The normalized spacial score (nSPS) is 17.4. The van der Waals surface area contributed by atoms with Crippen LogP contribution in [0.2, 0.25) is 5.02 Å². The molecule has 1 heterocycles. The topological polar surface area (TPSA) is 46.9 Å². The highest BCUT2D eigenvalue weighted by atomic mass is 35.5. The molecule has 1 aromatic rings. The van der Waals surface area contributed by atoms with Crippen molar-refractivity contribution < 1.29 is 18.0 Å². The molecule has 0 spiro atoms. The maximum atomic E-state index is 12.8. The first-order valence-electron chi connectivity index (χ1n) is 5.84. The number of carbonyl (C=O) groups is 1. The fourth-order valence-electron chi connectivity index (χ4n) is 1.95. The second kappa shape index (κ2) is 4.70. The molecule has 19 heavy (non-hydrogen) atoms. The van der Waals surface area contributed by atoms with E-state index in [2.05, 4.69) is 10.4 Å². The summed E-state index contributed by atoms with van der Waals surface area (Å²) in [7, 11) is 1.42. The van der Waals surface area contributed by atoms with Gasteiger partial charge in [0.1, 0.15) is 6.04 Å². The summed E-state index contributed by atoms with van der Waals surface area (Å²) in [6, 6.07) is -0.825. The SMILES string of the molecule is CNC(=O)C(C)n1nc(C(F)(F)F)c(Cl)c1C1CC1. The average molecular weight is 296 g/mol. The van der Waals surface area contributed by atoms with Crippen LogP contribution < -0.4 is 5.32 Å². The van der Waals surface area contributed by atoms with E-state index < -0.39 is 23.8 Å². The lowest BCUT2D eigenvalue weighted by Gasteiger charge is -2.14. The fraction of sp³-hybridized carbons (Fsp3) is 0.636. The number of hydrogen-bond donors (Lipinski definition) is 1. The van der Waals surface area contributed by atoms with Crippen LogP contribution in [-0.2, 0) is 11.0 Å². The monoisotopic (exact) mass is 295 g/mol. The van der Waals surface area contributed by atoms with Gasteiger partial charge in [-0.3, -0.25) is 9.48 Å². The first-order chi connectivity index (χ1) is 8.77. The second-order valence-corrected chi connectivity index (χ2v) is 4.93. The van der Waals surface area contributed by atoms with Crippen LogP contribution in [0.15, 0.2) is 0 Å². The van der Waals surface area contributed by atoms with Crippen LogP contribution in [-0.4, -0.2) is 22.7 Å². The van der Waals surface area contributed by atoms with E-state index >= 15 is 0 Å². The van der Waals surface area contributed by atoms with Gasteiger partial charge in [0.25, 0.3) is 0 Å². The molecule has 8 heteroatoms. The van der Waals surface area contributed by atoms with Crippen LogP contribution in [0.1, 0.15) is 43.1 Å². The van der Waals surface area contributed by atoms with Crippen molar-refractivity contribution in [2.24, 2.45) is 0 Å². The van der Waals surface area contributed by atoms with E-state index in [-0.39, 0.29) is 10.9 Å². The molecule has 1 saturated carbocycles. The number of alkyl halides is 3. The Kier molecular flexibility index (Phi) is 3.51. The van der Waals surface area contributed by atoms with Gasteiger partial charge in [-0.2, -0.15) is 18.3 Å². The van der Waals surface area contributed by atoms with Gasteiger partial charge in [0.2, 0.25) is 5.91 Å². The molecule has 1 atom stereocenters. The predicted octanol–water partition coefficient (Wildman–Crippen LogP) is 2.74. The zero-order valence-corrected chi connectivity index (χ0v) is 11.1. The number of rotatable bonds is 3. The van der Waals surface area contributed by atoms with Crippen LogP contribution in [0.5, 0.6) is 0 Å². The highest BCUT2D eigenvalue weighted by molar-refractivity contribution is 6.32. The van der Waals surface area contributed by atoms with E-state index in [1.807, 2.05) is 0 Å². The summed E-state index contributed by atoms with van der Waals surface area (Å²) in [4.78, 5) is 11.6. The minimum atomic E-state index is -4.62. The van der Waals surface area contributed by atoms with Gasteiger partial charge in [-0.05, 0) is 19.8 Å². The highest BCUT2D eigenvalue weighted by Gasteiger charge is 2.43. The zero-order chi connectivity index (χ0) is 14.4. The summed E-state index contributed by atoms with van der Waals surface area (Å²) >= 11 is 5.81. The van der Waals surface area contributed by atoms with E-state index in [1.54, 1.807) is 0 Å². The third-order valence-electron chi connectivity index (χ3n) is 3.11. The molecule has 0 aromatic carbocycles. The molecule has 0 bridgehead atoms. The molecule has 2 rings (SSSR count). The first-order valence-corrected chi connectivity index (χ1v) is 6.21. The van der Waals surface area contributed by atoms with Crippen molar-refractivity contribution in [2.75, 3.05) is 7.05 Å². The third-order valence-corrected chi connectivity index (χ3v) is 3.49. The predicted molar refractivity (Wildman–Crippen MR) is 63.0 cm³/mol. The van der Waals surface area contributed by atoms with E-state index in [9.17, 15) is 18.0 Å². The van der Waals surface area contributed by atoms with E-state index in [0.717, 1.165) is 17.5 Å². The summed E-state index contributed by atoms with van der Waals surface area (Å²) in [6.07, 6.45) is -3.08. The Labute approximate surface area is 112 Å². The highest BCUT2D eigenvalue weighted by Crippen LogP contribution is 2.47. The number of likely N-dealkylation sites (N-methyl/N-ethyl adjacent to an activating group) is 1. The summed E-state index contributed by atoms with van der Waals surface area (Å²) in [5, 5.41) is 5.52. The summed E-state index contributed by atoms with van der Waals surface area (Å²) in [5.41, 5.74) is -0.808. The lowest BCUT2D eigenvalue weighted by atomic mass is 10.2. The molecule has 0 saturated heterocycles. The number of halogens is 4. The van der Waals surface area contributed by atoms with Crippen LogP contribution in [0.25, 0.3) is 0 Å². The van der Waals surface area contributed by atoms with Crippen molar-refractivity contribution in [2.45, 2.75) is 37.9 Å². The van der Waals surface area contributed by atoms with Gasteiger partial charge in [0, 0.05) is 13.0 Å². The van der Waals surface area contributed by atoms with Crippen LogP contribution in [0.3, 0.4) is 0 Å². The second-order valence-electron chi connectivity index (χ2n) is 4.55. The molecular weight excluding hydrogens is 283 g/mol.